The maximum absolute atomic E-state index is 14.2. The van der Waals surface area contributed by atoms with E-state index in [2.05, 4.69) is 25.6 Å². The molecule has 1 aliphatic heterocycles. The fourth-order valence-electron chi connectivity index (χ4n) is 5.69. The van der Waals surface area contributed by atoms with Crippen molar-refractivity contribution in [2.75, 3.05) is 19.0 Å². The predicted molar refractivity (Wildman–Crippen MR) is 203 cm³/mol. The number of nitrogens with zero attached hydrogens (tertiary/aromatic N) is 3. The van der Waals surface area contributed by atoms with E-state index in [1.165, 1.54) is 10.9 Å². The standard InChI is InChI=1S/C39H46N6O13/c1-22(2)18-40-36-43-31-27(32(47)44-36)41-21-45(31)34-30(57-38(51)54-20-24-15-11-8-12-16-24)28(56-37(50)53-19-23-13-9-7-10-14-23)29(55-34)33(48)42-25(35(49)52-6)17-26(46)58-39(3,4)5/h7-16,21-22,25,28-30,34H,17-20H2,1-6H3,(H,42,48)(H2,40,43,44,47)/t25-,28+,29-,30+,34+/m0/s1. The number of methoxy groups -OCH3 is 1. The van der Waals surface area contributed by atoms with E-state index in [0.717, 1.165) is 7.11 Å². The van der Waals surface area contributed by atoms with E-state index in [-0.39, 0.29) is 36.2 Å². The third-order valence-electron chi connectivity index (χ3n) is 8.29. The Balaban J connectivity index is 1.53. The fourth-order valence-corrected chi connectivity index (χ4v) is 5.69. The van der Waals surface area contributed by atoms with Gasteiger partial charge in [0.15, 0.2) is 35.7 Å². The Morgan fingerprint density at radius 3 is 2.03 bits per heavy atom. The van der Waals surface area contributed by atoms with Gasteiger partial charge in [-0.25, -0.2) is 19.4 Å². The Morgan fingerprint density at radius 1 is 0.897 bits per heavy atom. The zero-order chi connectivity index (χ0) is 42.0. The maximum atomic E-state index is 14.2. The fraction of sp³-hybridized carbons (Fsp3) is 0.436. The van der Waals surface area contributed by atoms with Crippen LogP contribution in [0.1, 0.15) is 58.4 Å². The topological polar surface area (TPSA) is 238 Å². The van der Waals surface area contributed by atoms with E-state index in [9.17, 15) is 28.8 Å². The minimum Gasteiger partial charge on any atom is -0.467 e. The van der Waals surface area contributed by atoms with Gasteiger partial charge in [0.25, 0.3) is 11.5 Å². The van der Waals surface area contributed by atoms with Crippen molar-refractivity contribution in [3.8, 4) is 0 Å². The van der Waals surface area contributed by atoms with Gasteiger partial charge in [-0.2, -0.15) is 4.98 Å². The SMILES string of the molecule is COC(=O)[C@H](CC(=O)OC(C)(C)C)NC(=O)[C@H]1O[C@@H](n2cnc3c(=O)[nH]c(NCC(C)C)nc32)[C@H](OC(=O)OCc2ccccc2)[C@@H]1OC(=O)OCc1ccccc1. The number of fused-ring (bicyclic) bond motifs is 1. The highest BCUT2D eigenvalue weighted by atomic mass is 16.8. The van der Waals surface area contributed by atoms with Gasteiger partial charge in [0, 0.05) is 6.54 Å². The van der Waals surface area contributed by atoms with Gasteiger partial charge < -0.3 is 43.8 Å². The Bertz CT molecular complexity index is 2120. The molecule has 5 rings (SSSR count). The lowest BCUT2D eigenvalue weighted by Gasteiger charge is -2.25. The molecule has 3 N–H and O–H groups in total. The van der Waals surface area contributed by atoms with Crippen LogP contribution in [0, 0.1) is 5.92 Å². The first-order valence-electron chi connectivity index (χ1n) is 18.3. The summed E-state index contributed by atoms with van der Waals surface area (Å²) in [5.41, 5.74) is -0.511. The first kappa shape index (κ1) is 42.6. The third-order valence-corrected chi connectivity index (χ3v) is 8.29. The number of rotatable bonds is 15. The van der Waals surface area contributed by atoms with E-state index in [0.29, 0.717) is 17.7 Å². The number of carbonyl (C=O) groups excluding carboxylic acids is 5. The second kappa shape index (κ2) is 19.1. The number of amides is 1. The Labute approximate surface area is 332 Å². The number of anilines is 1. The summed E-state index contributed by atoms with van der Waals surface area (Å²) in [4.78, 5) is 91.0. The molecule has 0 aliphatic carbocycles. The summed E-state index contributed by atoms with van der Waals surface area (Å²) in [7, 11) is 1.06. The second-order valence-corrected chi connectivity index (χ2v) is 14.5. The van der Waals surface area contributed by atoms with Crippen LogP contribution in [0.4, 0.5) is 15.5 Å². The van der Waals surface area contributed by atoms with E-state index in [4.69, 9.17) is 33.2 Å². The number of nitrogens with one attached hydrogen (secondary N) is 3. The van der Waals surface area contributed by atoms with Gasteiger partial charge >= 0.3 is 24.2 Å². The molecule has 0 saturated carbocycles. The number of imidazole rings is 1. The van der Waals surface area contributed by atoms with E-state index in [1.807, 2.05) is 13.8 Å². The number of aromatic amines is 1. The number of hydrogen-bond acceptors (Lipinski definition) is 16. The summed E-state index contributed by atoms with van der Waals surface area (Å²) in [6.07, 6.45) is -8.98. The van der Waals surface area contributed by atoms with Crippen LogP contribution in [0.25, 0.3) is 11.2 Å². The lowest BCUT2D eigenvalue weighted by Crippen LogP contribution is -2.51. The van der Waals surface area contributed by atoms with Crippen molar-refractivity contribution < 1.29 is 57.1 Å². The molecule has 1 fully saturated rings. The summed E-state index contributed by atoms with van der Waals surface area (Å²) < 4.78 is 39.8. The number of ether oxygens (including phenoxy) is 7. The lowest BCUT2D eigenvalue weighted by atomic mass is 10.1. The highest BCUT2D eigenvalue weighted by molar-refractivity contribution is 5.90. The summed E-state index contributed by atoms with van der Waals surface area (Å²) in [5.74, 6) is -2.68. The van der Waals surface area contributed by atoms with Crippen molar-refractivity contribution in [2.24, 2.45) is 5.92 Å². The molecule has 2 aromatic heterocycles. The zero-order valence-electron chi connectivity index (χ0n) is 32.8. The van der Waals surface area contributed by atoms with Crippen LogP contribution in [0.5, 0.6) is 0 Å². The average molecular weight is 807 g/mol. The molecule has 4 aromatic rings. The van der Waals surface area contributed by atoms with Gasteiger partial charge in [-0.1, -0.05) is 74.5 Å². The Kier molecular flexibility index (Phi) is 14.0. The van der Waals surface area contributed by atoms with Gasteiger partial charge in [-0.05, 0) is 37.8 Å². The average Bonchev–Trinajstić information content (AvgIpc) is 3.76. The molecular weight excluding hydrogens is 760 g/mol. The molecule has 0 bridgehead atoms. The van der Waals surface area contributed by atoms with Crippen molar-refractivity contribution in [2.45, 2.75) is 90.4 Å². The van der Waals surface area contributed by atoms with Crippen LogP contribution < -0.4 is 16.2 Å². The number of H-pyrrole nitrogens is 1. The van der Waals surface area contributed by atoms with E-state index < -0.39 is 78.3 Å². The maximum Gasteiger partial charge on any atom is 0.509 e. The first-order valence-corrected chi connectivity index (χ1v) is 18.3. The molecule has 58 heavy (non-hydrogen) atoms. The van der Waals surface area contributed by atoms with Gasteiger partial charge in [0.1, 0.15) is 24.9 Å². The van der Waals surface area contributed by atoms with Crippen LogP contribution in [-0.2, 0) is 60.8 Å². The first-order chi connectivity index (χ1) is 27.6. The molecule has 2 aromatic carbocycles. The van der Waals surface area contributed by atoms with Crippen LogP contribution in [0.2, 0.25) is 0 Å². The highest BCUT2D eigenvalue weighted by Crippen LogP contribution is 2.36. The second-order valence-electron chi connectivity index (χ2n) is 14.5. The summed E-state index contributed by atoms with van der Waals surface area (Å²) in [6.45, 7) is 8.77. The Morgan fingerprint density at radius 2 is 1.48 bits per heavy atom. The number of carbonyl (C=O) groups is 5. The smallest absolute Gasteiger partial charge is 0.467 e. The molecule has 310 valence electrons. The van der Waals surface area contributed by atoms with Gasteiger partial charge in [-0.15, -0.1) is 0 Å². The molecule has 5 atom stereocenters. The minimum atomic E-state index is -1.87. The van der Waals surface area contributed by atoms with Crippen LogP contribution >= 0.6 is 0 Å². The third kappa shape index (κ3) is 11.5. The number of aromatic nitrogens is 4. The summed E-state index contributed by atoms with van der Waals surface area (Å²) >= 11 is 0. The van der Waals surface area contributed by atoms with Crippen molar-refractivity contribution in [3.63, 3.8) is 0 Å². The molecule has 0 unspecified atom stereocenters. The van der Waals surface area contributed by atoms with E-state index in [1.54, 1.807) is 81.4 Å². The molecule has 19 nitrogen and oxygen atoms in total. The number of hydrogen-bond donors (Lipinski definition) is 3. The zero-order valence-corrected chi connectivity index (χ0v) is 32.8. The molecular formula is C39H46N6O13. The van der Waals surface area contributed by atoms with E-state index >= 15 is 0 Å². The molecule has 1 saturated heterocycles. The predicted octanol–water partition coefficient (Wildman–Crippen LogP) is 3.92. The van der Waals surface area contributed by atoms with Gasteiger partial charge in [0.2, 0.25) is 5.95 Å². The number of benzene rings is 2. The number of esters is 2. The van der Waals surface area contributed by atoms with Crippen molar-refractivity contribution in [1.82, 2.24) is 24.8 Å². The molecule has 19 heteroatoms. The Hall–Kier alpha value is -6.50. The van der Waals surface area contributed by atoms with Crippen molar-refractivity contribution in [1.29, 1.82) is 0 Å². The summed E-state index contributed by atoms with van der Waals surface area (Å²) in [6, 6.07) is 15.7. The quantitative estimate of drug-likeness (QED) is 0.114. The van der Waals surface area contributed by atoms with Crippen molar-refractivity contribution in [3.05, 3.63) is 88.5 Å². The van der Waals surface area contributed by atoms with Gasteiger partial charge in [0.05, 0.1) is 19.9 Å². The summed E-state index contributed by atoms with van der Waals surface area (Å²) in [5, 5.41) is 5.44. The molecule has 3 heterocycles. The molecule has 1 amide bonds. The van der Waals surface area contributed by atoms with Crippen molar-refractivity contribution >= 4 is 47.3 Å². The highest BCUT2D eigenvalue weighted by Gasteiger charge is 2.55. The van der Waals surface area contributed by atoms with Crippen LogP contribution in [0.3, 0.4) is 0 Å². The van der Waals surface area contributed by atoms with Gasteiger partial charge in [-0.3, -0.25) is 23.9 Å². The minimum absolute atomic E-state index is 0.0601. The van der Waals surface area contributed by atoms with Crippen LogP contribution in [-0.4, -0.2) is 93.3 Å². The largest absolute Gasteiger partial charge is 0.509 e. The molecule has 1 aliphatic rings. The van der Waals surface area contributed by atoms with Crippen LogP contribution in [0.15, 0.2) is 71.8 Å². The normalized spacial score (nSPS) is 18.2. The monoisotopic (exact) mass is 806 g/mol. The lowest BCUT2D eigenvalue weighted by molar-refractivity contribution is -0.160. The molecule has 0 radical (unpaired) electrons. The molecule has 0 spiro atoms.